The molecule has 0 aliphatic carbocycles. The monoisotopic (exact) mass is 346 g/mol. The molecule has 0 atom stereocenters. The Morgan fingerprint density at radius 2 is 0.727 bits per heavy atom. The fourth-order valence-electron chi connectivity index (χ4n) is 3.03. The summed E-state index contributed by atoms with van der Waals surface area (Å²) in [5.74, 6) is 0. The molecular weight excluding hydrogens is 304 g/mol. The molecule has 0 aromatic carbocycles. The summed E-state index contributed by atoms with van der Waals surface area (Å²) in [5, 5.41) is 0. The third kappa shape index (κ3) is 17.1. The highest BCUT2D eigenvalue weighted by Crippen LogP contribution is 2.32. The van der Waals surface area contributed by atoms with Crippen LogP contribution in [-0.2, 0) is 0 Å². The molecule has 2 heteroatoms. The Balaban J connectivity index is 3.30. The third-order valence-electron chi connectivity index (χ3n) is 4.61. The SMILES string of the molecule is CCCCCCCCCCCCC(S)(S)CCCCCCC. The van der Waals surface area contributed by atoms with Crippen LogP contribution in [0.1, 0.15) is 123 Å². The molecule has 0 nitrogen and oxygen atoms in total. The Kier molecular flexibility index (Phi) is 17.1. The molecular formula is C20H42S2. The van der Waals surface area contributed by atoms with Crippen molar-refractivity contribution >= 4 is 25.3 Å². The van der Waals surface area contributed by atoms with Crippen molar-refractivity contribution < 1.29 is 0 Å². The van der Waals surface area contributed by atoms with Gasteiger partial charge in [-0.15, -0.1) is 0 Å². The molecule has 0 saturated carbocycles. The van der Waals surface area contributed by atoms with Gasteiger partial charge >= 0.3 is 0 Å². The van der Waals surface area contributed by atoms with E-state index in [1.54, 1.807) is 0 Å². The first-order valence-corrected chi connectivity index (χ1v) is 11.0. The predicted molar refractivity (Wildman–Crippen MR) is 111 cm³/mol. The summed E-state index contributed by atoms with van der Waals surface area (Å²) in [6, 6.07) is 0. The highest BCUT2D eigenvalue weighted by Gasteiger charge is 2.18. The lowest BCUT2D eigenvalue weighted by molar-refractivity contribution is 0.521. The van der Waals surface area contributed by atoms with Crippen LogP contribution in [0.25, 0.3) is 0 Å². The van der Waals surface area contributed by atoms with E-state index in [9.17, 15) is 0 Å². The smallest absolute Gasteiger partial charge is 0.0552 e. The molecule has 0 rings (SSSR count). The maximum Gasteiger partial charge on any atom is 0.0552 e. The van der Waals surface area contributed by atoms with E-state index >= 15 is 0 Å². The number of rotatable bonds is 17. The van der Waals surface area contributed by atoms with E-state index < -0.39 is 0 Å². The molecule has 0 aliphatic heterocycles. The van der Waals surface area contributed by atoms with Crippen molar-refractivity contribution in [1.29, 1.82) is 0 Å². The van der Waals surface area contributed by atoms with Crippen LogP contribution < -0.4 is 0 Å². The van der Waals surface area contributed by atoms with Crippen molar-refractivity contribution in [1.82, 2.24) is 0 Å². The summed E-state index contributed by atoms with van der Waals surface area (Å²) in [6.07, 6.45) is 23.1. The van der Waals surface area contributed by atoms with Crippen LogP contribution in [0.4, 0.5) is 0 Å². The second-order valence-corrected chi connectivity index (χ2v) is 9.14. The molecule has 0 N–H and O–H groups in total. The van der Waals surface area contributed by atoms with Gasteiger partial charge in [0.05, 0.1) is 4.08 Å². The van der Waals surface area contributed by atoms with Gasteiger partial charge in [0.1, 0.15) is 0 Å². The lowest BCUT2D eigenvalue weighted by Gasteiger charge is -2.22. The van der Waals surface area contributed by atoms with Gasteiger partial charge in [-0.1, -0.05) is 110 Å². The Morgan fingerprint density at radius 1 is 0.455 bits per heavy atom. The van der Waals surface area contributed by atoms with Gasteiger partial charge in [0, 0.05) is 0 Å². The van der Waals surface area contributed by atoms with Crippen LogP contribution in [0.2, 0.25) is 0 Å². The third-order valence-corrected chi connectivity index (χ3v) is 5.51. The minimum Gasteiger partial charge on any atom is -0.162 e. The van der Waals surface area contributed by atoms with E-state index in [0.29, 0.717) is 0 Å². The lowest BCUT2D eigenvalue weighted by Crippen LogP contribution is -2.12. The Hall–Kier alpha value is 0.700. The van der Waals surface area contributed by atoms with Gasteiger partial charge in [0.2, 0.25) is 0 Å². The van der Waals surface area contributed by atoms with Gasteiger partial charge in [-0.25, -0.2) is 0 Å². The van der Waals surface area contributed by atoms with Crippen LogP contribution >= 0.6 is 25.3 Å². The Bertz CT molecular complexity index is 214. The first kappa shape index (κ1) is 22.7. The average Bonchev–Trinajstić information content (AvgIpc) is 2.49. The maximum absolute atomic E-state index is 4.77. The maximum atomic E-state index is 4.77. The molecule has 0 fully saturated rings. The molecule has 0 spiro atoms. The summed E-state index contributed by atoms with van der Waals surface area (Å²) in [6.45, 7) is 4.56. The fourth-order valence-corrected chi connectivity index (χ4v) is 3.66. The molecule has 0 aromatic rings. The first-order valence-electron chi connectivity index (χ1n) is 10.1. The Labute approximate surface area is 152 Å². The van der Waals surface area contributed by atoms with Gasteiger partial charge in [-0.2, -0.15) is 25.3 Å². The van der Waals surface area contributed by atoms with Crippen molar-refractivity contribution in [2.45, 2.75) is 127 Å². The van der Waals surface area contributed by atoms with Gasteiger partial charge in [-0.05, 0) is 12.8 Å². The highest BCUT2D eigenvalue weighted by molar-refractivity contribution is 8.00. The van der Waals surface area contributed by atoms with Gasteiger partial charge < -0.3 is 0 Å². The van der Waals surface area contributed by atoms with Crippen molar-refractivity contribution in [3.8, 4) is 0 Å². The van der Waals surface area contributed by atoms with E-state index in [1.165, 1.54) is 109 Å². The number of hydrogen-bond donors (Lipinski definition) is 2. The van der Waals surface area contributed by atoms with E-state index in [-0.39, 0.29) is 4.08 Å². The largest absolute Gasteiger partial charge is 0.162 e. The van der Waals surface area contributed by atoms with Crippen molar-refractivity contribution in [2.24, 2.45) is 0 Å². The molecule has 0 bridgehead atoms. The summed E-state index contributed by atoms with van der Waals surface area (Å²) in [4.78, 5) is 0. The quantitative estimate of drug-likeness (QED) is 0.148. The minimum atomic E-state index is -0.0215. The molecule has 0 saturated heterocycles. The van der Waals surface area contributed by atoms with Crippen LogP contribution in [0.5, 0.6) is 0 Å². The number of unbranched alkanes of at least 4 members (excludes halogenated alkanes) is 13. The van der Waals surface area contributed by atoms with E-state index in [0.717, 1.165) is 0 Å². The van der Waals surface area contributed by atoms with Crippen LogP contribution in [0.3, 0.4) is 0 Å². The molecule has 0 radical (unpaired) electrons. The zero-order valence-corrected chi connectivity index (χ0v) is 17.2. The van der Waals surface area contributed by atoms with Crippen molar-refractivity contribution in [3.63, 3.8) is 0 Å². The summed E-state index contributed by atoms with van der Waals surface area (Å²) in [7, 11) is 0. The number of thiol groups is 2. The van der Waals surface area contributed by atoms with Gasteiger partial charge in [0.25, 0.3) is 0 Å². The fraction of sp³-hybridized carbons (Fsp3) is 1.00. The predicted octanol–water partition coefficient (Wildman–Crippen LogP) is 8.21. The second kappa shape index (κ2) is 16.6. The molecule has 0 amide bonds. The summed E-state index contributed by atoms with van der Waals surface area (Å²) < 4.78 is -0.0215. The molecule has 0 aromatic heterocycles. The molecule has 0 heterocycles. The van der Waals surface area contributed by atoms with E-state index in [1.807, 2.05) is 0 Å². The lowest BCUT2D eigenvalue weighted by atomic mass is 10.0. The summed E-state index contributed by atoms with van der Waals surface area (Å²) >= 11 is 9.53. The second-order valence-electron chi connectivity index (χ2n) is 7.08. The van der Waals surface area contributed by atoms with Crippen LogP contribution in [0, 0.1) is 0 Å². The van der Waals surface area contributed by atoms with Gasteiger partial charge in [0.15, 0.2) is 0 Å². The number of hydrogen-bond acceptors (Lipinski definition) is 2. The minimum absolute atomic E-state index is 0.0215. The topological polar surface area (TPSA) is 0 Å². The highest BCUT2D eigenvalue weighted by atomic mass is 32.2. The van der Waals surface area contributed by atoms with Crippen LogP contribution in [-0.4, -0.2) is 4.08 Å². The van der Waals surface area contributed by atoms with Crippen molar-refractivity contribution in [2.75, 3.05) is 0 Å². The van der Waals surface area contributed by atoms with E-state index in [2.05, 4.69) is 13.8 Å². The molecule has 0 aliphatic rings. The molecule has 0 unspecified atom stereocenters. The summed E-state index contributed by atoms with van der Waals surface area (Å²) in [5.41, 5.74) is 0. The Morgan fingerprint density at radius 3 is 1.05 bits per heavy atom. The molecule has 134 valence electrons. The zero-order valence-electron chi connectivity index (χ0n) is 15.4. The zero-order chi connectivity index (χ0) is 16.5. The van der Waals surface area contributed by atoms with E-state index in [4.69, 9.17) is 25.3 Å². The van der Waals surface area contributed by atoms with Gasteiger partial charge in [-0.3, -0.25) is 0 Å². The normalized spacial score (nSPS) is 12.0. The molecule has 22 heavy (non-hydrogen) atoms. The standard InChI is InChI=1S/C20H42S2/c1-3-5-7-9-10-11-12-13-15-17-19-20(21,22)18-16-14-8-6-4-2/h21-22H,3-19H2,1-2H3. The average molecular weight is 347 g/mol. The van der Waals surface area contributed by atoms with Crippen molar-refractivity contribution in [3.05, 3.63) is 0 Å². The first-order chi connectivity index (χ1) is 10.6. The van der Waals surface area contributed by atoms with Crippen LogP contribution in [0.15, 0.2) is 0 Å².